The van der Waals surface area contributed by atoms with Crippen molar-refractivity contribution in [2.24, 2.45) is 5.73 Å². The van der Waals surface area contributed by atoms with E-state index in [1.54, 1.807) is 12.1 Å². The monoisotopic (exact) mass is 361 g/mol. The number of nitrogens with two attached hydrogens (primary N) is 1. The number of fused-ring (bicyclic) bond motifs is 1. The number of Topliss-reactive ketones (excluding diaryl/α,β-unsaturated/α-hetero) is 1. The smallest absolute Gasteiger partial charge is 0.341 e. The van der Waals surface area contributed by atoms with E-state index in [0.29, 0.717) is 30.8 Å². The highest BCUT2D eigenvalue weighted by Gasteiger charge is 2.28. The van der Waals surface area contributed by atoms with Crippen LogP contribution in [0.5, 0.6) is 5.75 Å². The van der Waals surface area contributed by atoms with Gasteiger partial charge in [-0.25, -0.2) is 4.79 Å². The first kappa shape index (κ1) is 19.0. The Balaban J connectivity index is 0.00000225. The highest BCUT2D eigenvalue weighted by Crippen LogP contribution is 2.30. The van der Waals surface area contributed by atoms with Gasteiger partial charge in [-0.1, -0.05) is 30.3 Å². The lowest BCUT2D eigenvalue weighted by Gasteiger charge is -2.22. The van der Waals surface area contributed by atoms with Gasteiger partial charge in [-0.3, -0.25) is 4.79 Å². The van der Waals surface area contributed by atoms with Crippen LogP contribution in [0.25, 0.3) is 0 Å². The van der Waals surface area contributed by atoms with E-state index >= 15 is 0 Å². The van der Waals surface area contributed by atoms with E-state index in [1.165, 1.54) is 7.11 Å². The predicted octanol–water partition coefficient (Wildman–Crippen LogP) is 2.93. The summed E-state index contributed by atoms with van der Waals surface area (Å²) in [6.45, 7) is 0.330. The van der Waals surface area contributed by atoms with Crippen LogP contribution in [0.4, 0.5) is 0 Å². The van der Waals surface area contributed by atoms with Crippen molar-refractivity contribution in [1.82, 2.24) is 0 Å². The zero-order valence-electron chi connectivity index (χ0n) is 13.9. The van der Waals surface area contributed by atoms with Gasteiger partial charge in [0.15, 0.2) is 5.78 Å². The molecule has 0 fully saturated rings. The van der Waals surface area contributed by atoms with Gasteiger partial charge in [-0.2, -0.15) is 0 Å². The molecule has 2 aromatic carbocycles. The van der Waals surface area contributed by atoms with Crippen molar-refractivity contribution in [3.8, 4) is 5.75 Å². The molecule has 5 nitrogen and oxygen atoms in total. The number of carbonyl (C=O) groups excluding carboxylic acids is 2. The van der Waals surface area contributed by atoms with Gasteiger partial charge in [-0.15, -0.1) is 12.4 Å². The summed E-state index contributed by atoms with van der Waals surface area (Å²) in [4.78, 5) is 24.3. The van der Waals surface area contributed by atoms with Gasteiger partial charge in [0.2, 0.25) is 0 Å². The normalized spacial score (nSPS) is 15.8. The SMILES string of the molecule is COC(=O)c1cc2c(cc1OCc1ccccc1)CCC(N)C2=O.Cl. The van der Waals surface area contributed by atoms with Crippen LogP contribution in [0.15, 0.2) is 42.5 Å². The van der Waals surface area contributed by atoms with Gasteiger partial charge >= 0.3 is 5.97 Å². The summed E-state index contributed by atoms with van der Waals surface area (Å²) in [5, 5.41) is 0. The summed E-state index contributed by atoms with van der Waals surface area (Å²) in [6.07, 6.45) is 1.28. The lowest BCUT2D eigenvalue weighted by molar-refractivity contribution is 0.0595. The number of methoxy groups -OCH3 is 1. The second kappa shape index (κ2) is 8.14. The number of aryl methyl sites for hydroxylation is 1. The van der Waals surface area contributed by atoms with Crippen LogP contribution >= 0.6 is 12.4 Å². The van der Waals surface area contributed by atoms with Gasteiger partial charge in [0.05, 0.1) is 13.2 Å². The van der Waals surface area contributed by atoms with E-state index in [4.69, 9.17) is 15.2 Å². The predicted molar refractivity (Wildman–Crippen MR) is 96.4 cm³/mol. The van der Waals surface area contributed by atoms with E-state index < -0.39 is 12.0 Å². The summed E-state index contributed by atoms with van der Waals surface area (Å²) in [5.41, 5.74) is 8.41. The number of carbonyl (C=O) groups is 2. The fourth-order valence-corrected chi connectivity index (χ4v) is 2.82. The second-order valence-electron chi connectivity index (χ2n) is 5.78. The molecule has 0 spiro atoms. The first-order valence-corrected chi connectivity index (χ1v) is 7.82. The molecule has 0 saturated carbocycles. The quantitative estimate of drug-likeness (QED) is 0.847. The number of hydrogen-bond acceptors (Lipinski definition) is 5. The molecule has 25 heavy (non-hydrogen) atoms. The molecule has 0 bridgehead atoms. The third-order valence-corrected chi connectivity index (χ3v) is 4.17. The summed E-state index contributed by atoms with van der Waals surface area (Å²) < 4.78 is 10.7. The van der Waals surface area contributed by atoms with Crippen LogP contribution in [0, 0.1) is 0 Å². The maximum Gasteiger partial charge on any atom is 0.341 e. The van der Waals surface area contributed by atoms with E-state index in [-0.39, 0.29) is 23.8 Å². The van der Waals surface area contributed by atoms with Crippen molar-refractivity contribution in [3.63, 3.8) is 0 Å². The molecule has 3 rings (SSSR count). The topological polar surface area (TPSA) is 78.6 Å². The maximum atomic E-state index is 12.3. The molecule has 0 radical (unpaired) electrons. The number of halogens is 1. The van der Waals surface area contributed by atoms with Crippen molar-refractivity contribution in [3.05, 3.63) is 64.7 Å². The maximum absolute atomic E-state index is 12.3. The van der Waals surface area contributed by atoms with Gasteiger partial charge in [-0.05, 0) is 36.1 Å². The number of benzene rings is 2. The average Bonchev–Trinajstić information content (AvgIpc) is 2.63. The number of ketones is 1. The molecule has 0 amide bonds. The van der Waals surface area contributed by atoms with Crippen LogP contribution in [0.3, 0.4) is 0 Å². The molecule has 2 N–H and O–H groups in total. The number of ether oxygens (including phenoxy) is 2. The highest BCUT2D eigenvalue weighted by molar-refractivity contribution is 6.05. The van der Waals surface area contributed by atoms with Crippen LogP contribution in [-0.2, 0) is 17.8 Å². The molecule has 0 aromatic heterocycles. The summed E-state index contributed by atoms with van der Waals surface area (Å²) in [5.74, 6) is -0.253. The molecule has 1 unspecified atom stereocenters. The molecule has 0 heterocycles. The minimum atomic E-state index is -0.534. The Labute approximate surface area is 152 Å². The first-order valence-electron chi connectivity index (χ1n) is 7.82. The highest BCUT2D eigenvalue weighted by atomic mass is 35.5. The van der Waals surface area contributed by atoms with Crippen molar-refractivity contribution in [1.29, 1.82) is 0 Å². The van der Waals surface area contributed by atoms with Gasteiger partial charge in [0.1, 0.15) is 17.9 Å². The molecule has 1 atom stereocenters. The number of rotatable bonds is 4. The summed E-state index contributed by atoms with van der Waals surface area (Å²) in [7, 11) is 1.30. The largest absolute Gasteiger partial charge is 0.488 e. The zero-order chi connectivity index (χ0) is 17.1. The fourth-order valence-electron chi connectivity index (χ4n) is 2.82. The molecular weight excluding hydrogens is 342 g/mol. The van der Waals surface area contributed by atoms with Gasteiger partial charge in [0, 0.05) is 5.56 Å². The third-order valence-electron chi connectivity index (χ3n) is 4.17. The molecule has 6 heteroatoms. The van der Waals surface area contributed by atoms with E-state index in [2.05, 4.69) is 0 Å². The number of hydrogen-bond donors (Lipinski definition) is 1. The second-order valence-corrected chi connectivity index (χ2v) is 5.78. The third kappa shape index (κ3) is 4.00. The Bertz CT molecular complexity index is 776. The van der Waals surface area contributed by atoms with Gasteiger partial charge < -0.3 is 15.2 Å². The van der Waals surface area contributed by atoms with Crippen molar-refractivity contribution >= 4 is 24.2 Å². The van der Waals surface area contributed by atoms with E-state index in [0.717, 1.165) is 11.1 Å². The zero-order valence-corrected chi connectivity index (χ0v) is 14.7. The van der Waals surface area contributed by atoms with Crippen molar-refractivity contribution in [2.45, 2.75) is 25.5 Å². The number of esters is 1. The molecule has 1 aliphatic rings. The summed E-state index contributed by atoms with van der Waals surface area (Å²) >= 11 is 0. The van der Waals surface area contributed by atoms with Crippen LogP contribution < -0.4 is 10.5 Å². The first-order chi connectivity index (χ1) is 11.6. The van der Waals surface area contributed by atoms with Crippen molar-refractivity contribution < 1.29 is 19.1 Å². The van der Waals surface area contributed by atoms with Crippen LogP contribution in [0.1, 0.15) is 38.3 Å². The molecule has 2 aromatic rings. The standard InChI is InChI=1S/C19H19NO4.ClH/c1-23-19(22)15-10-14-13(7-8-16(20)18(14)21)9-17(15)24-11-12-5-3-2-4-6-12;/h2-6,9-10,16H,7-8,11,20H2,1H3;1H. The fraction of sp³-hybridized carbons (Fsp3) is 0.263. The minimum absolute atomic E-state index is 0. The molecule has 132 valence electrons. The van der Waals surface area contributed by atoms with Gasteiger partial charge in [0.25, 0.3) is 0 Å². The molecule has 1 aliphatic carbocycles. The minimum Gasteiger partial charge on any atom is -0.488 e. The lowest BCUT2D eigenvalue weighted by atomic mass is 9.86. The van der Waals surface area contributed by atoms with Crippen LogP contribution in [0.2, 0.25) is 0 Å². The Morgan fingerprint density at radius 3 is 2.64 bits per heavy atom. The Morgan fingerprint density at radius 2 is 1.96 bits per heavy atom. The Hall–Kier alpha value is -2.37. The Kier molecular flexibility index (Phi) is 6.17. The lowest BCUT2D eigenvalue weighted by Crippen LogP contribution is -2.35. The average molecular weight is 362 g/mol. The van der Waals surface area contributed by atoms with E-state index in [1.807, 2.05) is 30.3 Å². The molecule has 0 saturated heterocycles. The summed E-state index contributed by atoms with van der Waals surface area (Å²) in [6, 6.07) is 12.4. The van der Waals surface area contributed by atoms with Crippen LogP contribution in [-0.4, -0.2) is 24.9 Å². The van der Waals surface area contributed by atoms with E-state index in [9.17, 15) is 9.59 Å². The molecular formula is C19H20ClNO4. The molecule has 0 aliphatic heterocycles. The Morgan fingerprint density at radius 1 is 1.24 bits per heavy atom. The van der Waals surface area contributed by atoms with Crippen molar-refractivity contribution in [2.75, 3.05) is 7.11 Å².